The summed E-state index contributed by atoms with van der Waals surface area (Å²) in [5, 5.41) is 8.16. The average molecular weight is 452 g/mol. The fourth-order valence-corrected chi connectivity index (χ4v) is 3.09. The summed E-state index contributed by atoms with van der Waals surface area (Å²) in [5.74, 6) is -0.693. The fraction of sp³-hybridized carbons (Fsp3) is 0.136. The van der Waals surface area contributed by atoms with Crippen molar-refractivity contribution in [1.29, 1.82) is 0 Å². The first kappa shape index (κ1) is 22.6. The van der Waals surface area contributed by atoms with Gasteiger partial charge in [-0.05, 0) is 54.3 Å². The zero-order valence-electron chi connectivity index (χ0n) is 17.1. The van der Waals surface area contributed by atoms with Crippen LogP contribution in [-0.4, -0.2) is 42.1 Å². The van der Waals surface area contributed by atoms with Crippen LogP contribution in [0, 0.1) is 0 Å². The van der Waals surface area contributed by atoms with E-state index in [9.17, 15) is 14.4 Å². The summed E-state index contributed by atoms with van der Waals surface area (Å²) >= 11 is 1.29. The molecule has 164 valence electrons. The van der Waals surface area contributed by atoms with Gasteiger partial charge in [-0.2, -0.15) is 5.10 Å². The van der Waals surface area contributed by atoms with E-state index in [0.29, 0.717) is 28.4 Å². The highest BCUT2D eigenvalue weighted by atomic mass is 32.1. The van der Waals surface area contributed by atoms with Crippen LogP contribution in [0.5, 0.6) is 11.5 Å². The van der Waals surface area contributed by atoms with Crippen LogP contribution in [0.1, 0.15) is 32.5 Å². The third kappa shape index (κ3) is 6.47. The van der Waals surface area contributed by atoms with Crippen LogP contribution >= 0.6 is 11.3 Å². The summed E-state index contributed by atoms with van der Waals surface area (Å²) in [7, 11) is 0. The minimum atomic E-state index is -0.491. The highest BCUT2D eigenvalue weighted by molar-refractivity contribution is 7.12. The number of hydrazone groups is 1. The number of aromatic nitrogens is 1. The maximum atomic E-state index is 12.2. The molecule has 1 aromatic carbocycles. The molecule has 2 N–H and O–H groups in total. The molecule has 0 bridgehead atoms. The first-order chi connectivity index (χ1) is 15.6. The quantitative estimate of drug-likeness (QED) is 0.223. The summed E-state index contributed by atoms with van der Waals surface area (Å²) in [4.78, 5) is 40.3. The van der Waals surface area contributed by atoms with Gasteiger partial charge < -0.3 is 14.8 Å². The monoisotopic (exact) mass is 452 g/mol. The van der Waals surface area contributed by atoms with Crippen molar-refractivity contribution in [1.82, 2.24) is 15.7 Å². The molecule has 2 heterocycles. The van der Waals surface area contributed by atoms with Crippen molar-refractivity contribution in [3.05, 3.63) is 76.2 Å². The zero-order chi connectivity index (χ0) is 22.8. The molecule has 10 heteroatoms. The second-order valence-electron chi connectivity index (χ2n) is 6.22. The Bertz CT molecular complexity index is 1100. The Hall–Kier alpha value is -4.05. The Morgan fingerprint density at radius 1 is 1.12 bits per heavy atom. The maximum absolute atomic E-state index is 12.2. The normalized spacial score (nSPS) is 10.5. The Kier molecular flexibility index (Phi) is 8.04. The van der Waals surface area contributed by atoms with Gasteiger partial charge in [0, 0.05) is 18.0 Å². The van der Waals surface area contributed by atoms with Crippen molar-refractivity contribution in [2.24, 2.45) is 5.10 Å². The Labute approximate surface area is 188 Å². The lowest BCUT2D eigenvalue weighted by molar-refractivity contribution is -0.120. The van der Waals surface area contributed by atoms with E-state index >= 15 is 0 Å². The van der Waals surface area contributed by atoms with Crippen LogP contribution in [0.3, 0.4) is 0 Å². The molecule has 0 saturated carbocycles. The molecule has 3 aromatic rings. The van der Waals surface area contributed by atoms with Gasteiger partial charge >= 0.3 is 5.97 Å². The molecule has 0 radical (unpaired) electrons. The molecule has 0 aliphatic rings. The predicted molar refractivity (Wildman–Crippen MR) is 119 cm³/mol. The van der Waals surface area contributed by atoms with Gasteiger partial charge in [0.05, 0.1) is 19.4 Å². The number of carbonyl (C=O) groups excluding carboxylic acids is 3. The van der Waals surface area contributed by atoms with Gasteiger partial charge in [0.1, 0.15) is 4.88 Å². The maximum Gasteiger partial charge on any atom is 0.353 e. The zero-order valence-corrected chi connectivity index (χ0v) is 17.9. The fourth-order valence-electron chi connectivity index (χ4n) is 2.49. The number of hydrogen-bond donors (Lipinski definition) is 2. The van der Waals surface area contributed by atoms with Crippen molar-refractivity contribution in [3.63, 3.8) is 0 Å². The molecule has 32 heavy (non-hydrogen) atoms. The third-order valence-electron chi connectivity index (χ3n) is 3.95. The molecule has 0 saturated heterocycles. The molecule has 3 rings (SSSR count). The van der Waals surface area contributed by atoms with E-state index in [4.69, 9.17) is 9.47 Å². The highest BCUT2D eigenvalue weighted by Crippen LogP contribution is 2.29. The molecule has 0 aliphatic heterocycles. The van der Waals surface area contributed by atoms with Crippen molar-refractivity contribution in [2.75, 3.05) is 13.2 Å². The standard InChI is InChI=1S/C22H20N4O5S/c1-2-30-18-12-15(5-6-17(18)31-22(29)19-4-3-11-32-19)13-25-26-20(27)14-24-21(28)16-7-9-23-10-8-16/h3-13H,2,14H2,1H3,(H,24,28)(H,26,27)/b25-13+. The van der Waals surface area contributed by atoms with E-state index in [1.54, 1.807) is 47.8 Å². The minimum Gasteiger partial charge on any atom is -0.490 e. The number of hydrogen-bond acceptors (Lipinski definition) is 8. The molecule has 0 unspecified atom stereocenters. The van der Waals surface area contributed by atoms with Crippen molar-refractivity contribution >= 4 is 35.3 Å². The largest absolute Gasteiger partial charge is 0.490 e. The first-order valence-electron chi connectivity index (χ1n) is 9.59. The average Bonchev–Trinajstić information content (AvgIpc) is 3.35. The lowest BCUT2D eigenvalue weighted by atomic mass is 10.2. The molecular formula is C22H20N4O5S. The van der Waals surface area contributed by atoms with Crippen molar-refractivity contribution < 1.29 is 23.9 Å². The molecule has 0 spiro atoms. The van der Waals surface area contributed by atoms with E-state index in [-0.39, 0.29) is 18.2 Å². The molecule has 2 aromatic heterocycles. The summed E-state index contributed by atoms with van der Waals surface area (Å²) < 4.78 is 11.0. The van der Waals surface area contributed by atoms with Crippen molar-refractivity contribution in [3.8, 4) is 11.5 Å². The van der Waals surface area contributed by atoms with Gasteiger partial charge in [-0.3, -0.25) is 14.6 Å². The SMILES string of the molecule is CCOc1cc(/C=N/NC(=O)CNC(=O)c2ccncc2)ccc1OC(=O)c1cccs1. The van der Waals surface area contributed by atoms with E-state index < -0.39 is 11.9 Å². The molecule has 9 nitrogen and oxygen atoms in total. The number of ether oxygens (including phenoxy) is 2. The van der Waals surface area contributed by atoms with Crippen LogP contribution in [-0.2, 0) is 4.79 Å². The molecule has 0 fully saturated rings. The van der Waals surface area contributed by atoms with Crippen LogP contribution in [0.25, 0.3) is 0 Å². The minimum absolute atomic E-state index is 0.236. The second kappa shape index (κ2) is 11.4. The van der Waals surface area contributed by atoms with Gasteiger partial charge in [-0.25, -0.2) is 10.2 Å². The summed E-state index contributed by atoms with van der Waals surface area (Å²) in [6.45, 7) is 1.95. The highest BCUT2D eigenvalue weighted by Gasteiger charge is 2.14. The molecule has 0 aliphatic carbocycles. The van der Waals surface area contributed by atoms with Crippen molar-refractivity contribution in [2.45, 2.75) is 6.92 Å². The number of pyridine rings is 1. The Balaban J connectivity index is 1.55. The summed E-state index contributed by atoms with van der Waals surface area (Å²) in [5.41, 5.74) is 3.35. The van der Waals surface area contributed by atoms with Crippen LogP contribution in [0.4, 0.5) is 0 Å². The molecule has 0 atom stereocenters. The number of esters is 1. The number of rotatable bonds is 9. The Morgan fingerprint density at radius 2 is 1.94 bits per heavy atom. The van der Waals surface area contributed by atoms with Gasteiger partial charge in [-0.1, -0.05) is 6.07 Å². The lowest BCUT2D eigenvalue weighted by Gasteiger charge is -2.10. The van der Waals surface area contributed by atoms with E-state index in [0.717, 1.165) is 0 Å². The number of nitrogens with zero attached hydrogens (tertiary/aromatic N) is 2. The van der Waals surface area contributed by atoms with Crippen LogP contribution < -0.4 is 20.2 Å². The predicted octanol–water partition coefficient (Wildman–Crippen LogP) is 2.64. The number of thiophene rings is 1. The van der Waals surface area contributed by atoms with Gasteiger partial charge in [0.25, 0.3) is 11.8 Å². The summed E-state index contributed by atoms with van der Waals surface area (Å²) in [6.07, 6.45) is 4.39. The second-order valence-corrected chi connectivity index (χ2v) is 7.17. The number of benzene rings is 1. The molecule has 2 amide bonds. The molecular weight excluding hydrogens is 432 g/mol. The number of carbonyl (C=O) groups is 3. The van der Waals surface area contributed by atoms with Crippen LogP contribution in [0.15, 0.2) is 65.3 Å². The topological polar surface area (TPSA) is 119 Å². The van der Waals surface area contributed by atoms with E-state index in [1.165, 1.54) is 29.9 Å². The number of amides is 2. The van der Waals surface area contributed by atoms with Gasteiger partial charge in [0.2, 0.25) is 0 Å². The van der Waals surface area contributed by atoms with E-state index in [2.05, 4.69) is 20.8 Å². The third-order valence-corrected chi connectivity index (χ3v) is 4.80. The Morgan fingerprint density at radius 3 is 2.66 bits per heavy atom. The van der Waals surface area contributed by atoms with Gasteiger partial charge in [-0.15, -0.1) is 11.3 Å². The first-order valence-corrected chi connectivity index (χ1v) is 10.5. The van der Waals surface area contributed by atoms with Crippen LogP contribution in [0.2, 0.25) is 0 Å². The van der Waals surface area contributed by atoms with Gasteiger partial charge in [0.15, 0.2) is 11.5 Å². The lowest BCUT2D eigenvalue weighted by Crippen LogP contribution is -2.34. The number of nitrogens with one attached hydrogen (secondary N) is 2. The summed E-state index contributed by atoms with van der Waals surface area (Å²) in [6, 6.07) is 11.4. The smallest absolute Gasteiger partial charge is 0.353 e. The van der Waals surface area contributed by atoms with E-state index in [1.807, 2.05) is 6.92 Å².